The molecule has 1 heterocycles. The van der Waals surface area contributed by atoms with Crippen molar-refractivity contribution in [3.63, 3.8) is 0 Å². The molecule has 1 aromatic rings. The number of ether oxygens (including phenoxy) is 1. The van der Waals surface area contributed by atoms with Gasteiger partial charge in [0.15, 0.2) is 0 Å². The van der Waals surface area contributed by atoms with E-state index in [-0.39, 0.29) is 11.7 Å². The lowest BCUT2D eigenvalue weighted by molar-refractivity contribution is 0.0907. The highest BCUT2D eigenvalue weighted by molar-refractivity contribution is 7.86. The van der Waals surface area contributed by atoms with Crippen LogP contribution in [0.3, 0.4) is 0 Å². The van der Waals surface area contributed by atoms with Gasteiger partial charge in [-0.05, 0) is 26.0 Å². The Labute approximate surface area is 111 Å². The number of nitrogens with one attached hydrogen (secondary N) is 1. The van der Waals surface area contributed by atoms with Crippen LogP contribution in [0.1, 0.15) is 24.2 Å². The topological polar surface area (TPSA) is 81.7 Å². The van der Waals surface area contributed by atoms with E-state index in [1.54, 1.807) is 0 Å². The molecule has 0 saturated heterocycles. The first kappa shape index (κ1) is 13.7. The number of benzene rings is 1. The summed E-state index contributed by atoms with van der Waals surface area (Å²) in [7, 11) is -3.61. The van der Waals surface area contributed by atoms with E-state index in [1.807, 2.05) is 13.8 Å². The Hall–Kier alpha value is -1.76. The molecule has 0 bridgehead atoms. The van der Waals surface area contributed by atoms with Gasteiger partial charge in [-0.15, -0.1) is 0 Å². The van der Waals surface area contributed by atoms with Crippen molar-refractivity contribution in [1.29, 1.82) is 0 Å². The number of hydrogen-bond donors (Lipinski definition) is 1. The van der Waals surface area contributed by atoms with Crippen molar-refractivity contribution in [2.24, 2.45) is 0 Å². The summed E-state index contributed by atoms with van der Waals surface area (Å²) in [6, 6.07) is 4.30. The Morgan fingerprint density at radius 3 is 2.68 bits per heavy atom. The van der Waals surface area contributed by atoms with Crippen LogP contribution in [-0.4, -0.2) is 32.7 Å². The Morgan fingerprint density at radius 1 is 1.37 bits per heavy atom. The lowest BCUT2D eigenvalue weighted by Gasteiger charge is -2.24. The number of fused-ring (bicyclic) bond motifs is 1. The van der Waals surface area contributed by atoms with E-state index in [1.165, 1.54) is 18.2 Å². The van der Waals surface area contributed by atoms with Crippen LogP contribution < -0.4 is 14.2 Å². The molecule has 0 aliphatic carbocycles. The van der Waals surface area contributed by atoms with Gasteiger partial charge < -0.3 is 14.2 Å². The minimum atomic E-state index is -3.61. The van der Waals surface area contributed by atoms with Crippen LogP contribution >= 0.6 is 0 Å². The zero-order valence-electron chi connectivity index (χ0n) is 10.9. The third kappa shape index (κ3) is 3.37. The van der Waals surface area contributed by atoms with Crippen molar-refractivity contribution in [2.75, 3.05) is 12.8 Å². The highest BCUT2D eigenvalue weighted by atomic mass is 32.2. The molecule has 7 heteroatoms. The van der Waals surface area contributed by atoms with E-state index in [2.05, 4.69) is 5.32 Å². The first-order valence-corrected chi connectivity index (χ1v) is 7.49. The number of amides is 1. The summed E-state index contributed by atoms with van der Waals surface area (Å²) < 4.78 is 32.7. The zero-order chi connectivity index (χ0) is 14.3. The van der Waals surface area contributed by atoms with Gasteiger partial charge in [0.2, 0.25) is 0 Å². The fraction of sp³-hybridized carbons (Fsp3) is 0.417. The SMILES string of the molecule is CC1(C)CNC(=O)c2ccc(OS(C)(=O)=O)cc2O1. The molecule has 0 radical (unpaired) electrons. The van der Waals surface area contributed by atoms with Crippen LogP contribution in [0, 0.1) is 0 Å². The van der Waals surface area contributed by atoms with Crippen molar-refractivity contribution in [1.82, 2.24) is 5.32 Å². The van der Waals surface area contributed by atoms with Crippen molar-refractivity contribution in [3.8, 4) is 11.5 Å². The van der Waals surface area contributed by atoms with E-state index < -0.39 is 15.7 Å². The van der Waals surface area contributed by atoms with E-state index in [9.17, 15) is 13.2 Å². The predicted octanol–water partition coefficient (Wildman–Crippen LogP) is 0.926. The normalized spacial score (nSPS) is 17.7. The molecule has 0 spiro atoms. The molecule has 19 heavy (non-hydrogen) atoms. The largest absolute Gasteiger partial charge is 0.485 e. The van der Waals surface area contributed by atoms with Gasteiger partial charge in [-0.1, -0.05) is 0 Å². The fourth-order valence-electron chi connectivity index (χ4n) is 1.72. The Kier molecular flexibility index (Phi) is 3.17. The summed E-state index contributed by atoms with van der Waals surface area (Å²) in [5, 5.41) is 2.74. The molecule has 2 rings (SSSR count). The Balaban J connectivity index is 2.43. The predicted molar refractivity (Wildman–Crippen MR) is 69.0 cm³/mol. The minimum Gasteiger partial charge on any atom is -0.485 e. The van der Waals surface area contributed by atoms with Gasteiger partial charge in [-0.25, -0.2) is 0 Å². The first-order chi connectivity index (χ1) is 8.66. The standard InChI is InChI=1S/C12H15NO5S/c1-12(2)7-13-11(14)9-5-4-8(6-10(9)17-12)18-19(3,15)16/h4-6H,7H2,1-3H3,(H,13,14). The second kappa shape index (κ2) is 4.41. The van der Waals surface area contributed by atoms with Gasteiger partial charge in [0.25, 0.3) is 5.91 Å². The summed E-state index contributed by atoms with van der Waals surface area (Å²) in [5.74, 6) is 0.166. The van der Waals surface area contributed by atoms with E-state index >= 15 is 0 Å². The molecule has 1 N–H and O–H groups in total. The molecule has 1 aliphatic rings. The number of carbonyl (C=O) groups excluding carboxylic acids is 1. The molecule has 0 atom stereocenters. The molecule has 104 valence electrons. The highest BCUT2D eigenvalue weighted by Crippen LogP contribution is 2.30. The van der Waals surface area contributed by atoms with Gasteiger partial charge in [-0.3, -0.25) is 4.79 Å². The molecule has 1 amide bonds. The Bertz CT molecular complexity index is 621. The van der Waals surface area contributed by atoms with Crippen molar-refractivity contribution in [2.45, 2.75) is 19.4 Å². The first-order valence-electron chi connectivity index (χ1n) is 5.67. The van der Waals surface area contributed by atoms with Gasteiger partial charge in [0.05, 0.1) is 18.4 Å². The average molecular weight is 285 g/mol. The van der Waals surface area contributed by atoms with Crippen molar-refractivity contribution in [3.05, 3.63) is 23.8 Å². The summed E-state index contributed by atoms with van der Waals surface area (Å²) in [5.41, 5.74) is -0.226. The molecule has 1 aromatic carbocycles. The molecule has 6 nitrogen and oxygen atoms in total. The quantitative estimate of drug-likeness (QED) is 0.817. The average Bonchev–Trinajstić information content (AvgIpc) is 2.33. The molecule has 0 fully saturated rings. The molecular weight excluding hydrogens is 270 g/mol. The molecule has 0 aromatic heterocycles. The fourth-order valence-corrected chi connectivity index (χ4v) is 2.18. The third-order valence-electron chi connectivity index (χ3n) is 2.51. The monoisotopic (exact) mass is 285 g/mol. The van der Waals surface area contributed by atoms with Crippen LogP contribution in [0.4, 0.5) is 0 Å². The summed E-state index contributed by atoms with van der Waals surface area (Å²) in [6.45, 7) is 4.02. The van der Waals surface area contributed by atoms with E-state index in [0.717, 1.165) is 6.26 Å². The summed E-state index contributed by atoms with van der Waals surface area (Å²) in [6.07, 6.45) is 0.955. The number of rotatable bonds is 2. The molecule has 0 unspecified atom stereocenters. The molecular formula is C12H15NO5S. The highest BCUT2D eigenvalue weighted by Gasteiger charge is 2.28. The zero-order valence-corrected chi connectivity index (χ0v) is 11.7. The maximum absolute atomic E-state index is 11.8. The maximum atomic E-state index is 11.8. The smallest absolute Gasteiger partial charge is 0.306 e. The lowest BCUT2D eigenvalue weighted by atomic mass is 10.1. The van der Waals surface area contributed by atoms with Gasteiger partial charge >= 0.3 is 10.1 Å². The van der Waals surface area contributed by atoms with E-state index in [4.69, 9.17) is 8.92 Å². The number of carbonyl (C=O) groups is 1. The van der Waals surface area contributed by atoms with Gasteiger partial charge in [0, 0.05) is 6.07 Å². The minimum absolute atomic E-state index is 0.117. The van der Waals surface area contributed by atoms with Crippen LogP contribution in [-0.2, 0) is 10.1 Å². The van der Waals surface area contributed by atoms with Gasteiger partial charge in [0.1, 0.15) is 17.1 Å². The van der Waals surface area contributed by atoms with Crippen LogP contribution in [0.15, 0.2) is 18.2 Å². The van der Waals surface area contributed by atoms with Gasteiger partial charge in [-0.2, -0.15) is 8.42 Å². The van der Waals surface area contributed by atoms with Crippen LogP contribution in [0.5, 0.6) is 11.5 Å². The molecule has 1 aliphatic heterocycles. The van der Waals surface area contributed by atoms with Crippen molar-refractivity contribution < 1.29 is 22.1 Å². The second-order valence-electron chi connectivity index (χ2n) is 4.99. The number of hydrogen-bond acceptors (Lipinski definition) is 5. The molecule has 0 saturated carbocycles. The van der Waals surface area contributed by atoms with E-state index in [0.29, 0.717) is 17.9 Å². The lowest BCUT2D eigenvalue weighted by Crippen LogP contribution is -2.39. The van der Waals surface area contributed by atoms with Crippen LogP contribution in [0.2, 0.25) is 0 Å². The summed E-state index contributed by atoms with van der Waals surface area (Å²) in [4.78, 5) is 11.8. The summed E-state index contributed by atoms with van der Waals surface area (Å²) >= 11 is 0. The Morgan fingerprint density at radius 2 is 2.05 bits per heavy atom. The van der Waals surface area contributed by atoms with Crippen molar-refractivity contribution >= 4 is 16.0 Å². The second-order valence-corrected chi connectivity index (χ2v) is 6.56. The van der Waals surface area contributed by atoms with Crippen LogP contribution in [0.25, 0.3) is 0 Å². The maximum Gasteiger partial charge on any atom is 0.306 e. The third-order valence-corrected chi connectivity index (χ3v) is 3.00.